The van der Waals surface area contributed by atoms with E-state index in [1.807, 2.05) is 18.2 Å². The Labute approximate surface area is 99.3 Å². The van der Waals surface area contributed by atoms with Crippen molar-refractivity contribution in [2.75, 3.05) is 0 Å². The van der Waals surface area contributed by atoms with Gasteiger partial charge in [0, 0.05) is 0 Å². The standard InChI is InChI=1S/C12H15N5/c13-11(12-14-16-17-15-12)10-7-3-5-8-4-1-2-6-9(8)10/h1-7,11-12,14-17H,13H2. The minimum absolute atomic E-state index is 0.0409. The molecule has 17 heavy (non-hydrogen) atoms. The first kappa shape index (κ1) is 10.6. The Kier molecular flexibility index (Phi) is 2.76. The maximum absolute atomic E-state index is 6.26. The number of benzene rings is 2. The molecule has 1 saturated heterocycles. The van der Waals surface area contributed by atoms with Gasteiger partial charge in [0.2, 0.25) is 0 Å². The molecule has 1 unspecified atom stereocenters. The molecule has 0 spiro atoms. The van der Waals surface area contributed by atoms with Crippen LogP contribution < -0.4 is 27.7 Å². The summed E-state index contributed by atoms with van der Waals surface area (Å²) in [7, 11) is 0. The van der Waals surface area contributed by atoms with Crippen LogP contribution in [0.25, 0.3) is 10.8 Å². The maximum Gasteiger partial charge on any atom is 0.105 e. The monoisotopic (exact) mass is 229 g/mol. The highest BCUT2D eigenvalue weighted by Crippen LogP contribution is 2.24. The van der Waals surface area contributed by atoms with E-state index in [4.69, 9.17) is 5.73 Å². The van der Waals surface area contributed by atoms with Gasteiger partial charge in [-0.25, -0.2) is 10.9 Å². The van der Waals surface area contributed by atoms with Crippen molar-refractivity contribution < 1.29 is 0 Å². The van der Waals surface area contributed by atoms with E-state index in [1.165, 1.54) is 10.8 Å². The molecule has 2 aromatic carbocycles. The molecule has 0 aliphatic carbocycles. The van der Waals surface area contributed by atoms with Crippen LogP contribution in [-0.2, 0) is 0 Å². The normalized spacial score (nSPS) is 18.6. The van der Waals surface area contributed by atoms with Gasteiger partial charge < -0.3 is 5.73 Å². The molecular weight excluding hydrogens is 214 g/mol. The molecule has 0 aromatic heterocycles. The second kappa shape index (κ2) is 4.40. The third kappa shape index (κ3) is 1.90. The topological polar surface area (TPSA) is 74.1 Å². The lowest BCUT2D eigenvalue weighted by Gasteiger charge is -2.20. The predicted molar refractivity (Wildman–Crippen MR) is 67.2 cm³/mol. The molecule has 88 valence electrons. The van der Waals surface area contributed by atoms with Crippen LogP contribution in [0.15, 0.2) is 42.5 Å². The lowest BCUT2D eigenvalue weighted by molar-refractivity contribution is 0.442. The minimum atomic E-state index is -0.136. The Morgan fingerprint density at radius 2 is 1.65 bits per heavy atom. The van der Waals surface area contributed by atoms with Gasteiger partial charge in [0.05, 0.1) is 6.04 Å². The van der Waals surface area contributed by atoms with Gasteiger partial charge in [0.25, 0.3) is 0 Å². The Morgan fingerprint density at radius 3 is 2.47 bits per heavy atom. The Hall–Kier alpha value is -1.50. The van der Waals surface area contributed by atoms with E-state index in [9.17, 15) is 0 Å². The highest BCUT2D eigenvalue weighted by molar-refractivity contribution is 5.86. The molecule has 1 aliphatic rings. The van der Waals surface area contributed by atoms with Crippen molar-refractivity contribution in [1.29, 1.82) is 0 Å². The Balaban J connectivity index is 2.04. The number of hydrazine groups is 3. The first-order valence-corrected chi connectivity index (χ1v) is 5.60. The van der Waals surface area contributed by atoms with Crippen LogP contribution in [-0.4, -0.2) is 6.17 Å². The van der Waals surface area contributed by atoms with E-state index in [0.29, 0.717) is 0 Å². The molecule has 1 fully saturated rings. The van der Waals surface area contributed by atoms with Gasteiger partial charge in [-0.3, -0.25) is 0 Å². The summed E-state index contributed by atoms with van der Waals surface area (Å²) in [6.07, 6.45) is -0.0409. The van der Waals surface area contributed by atoms with E-state index in [-0.39, 0.29) is 12.2 Å². The van der Waals surface area contributed by atoms with Gasteiger partial charge >= 0.3 is 0 Å². The molecule has 1 atom stereocenters. The van der Waals surface area contributed by atoms with Crippen molar-refractivity contribution in [2.24, 2.45) is 5.73 Å². The summed E-state index contributed by atoms with van der Waals surface area (Å²) in [6.45, 7) is 0. The SMILES string of the molecule is NC(c1cccc2ccccc12)C1NNNN1. The fraction of sp³-hybridized carbons (Fsp3) is 0.167. The zero-order valence-corrected chi connectivity index (χ0v) is 9.27. The largest absolute Gasteiger partial charge is 0.321 e. The molecule has 5 nitrogen and oxygen atoms in total. The Bertz CT molecular complexity index is 516. The molecule has 0 bridgehead atoms. The number of rotatable bonds is 2. The number of hydrogen-bond donors (Lipinski definition) is 5. The molecule has 0 amide bonds. The Morgan fingerprint density at radius 1 is 0.941 bits per heavy atom. The smallest absolute Gasteiger partial charge is 0.105 e. The fourth-order valence-corrected chi connectivity index (χ4v) is 2.16. The van der Waals surface area contributed by atoms with Gasteiger partial charge in [0.15, 0.2) is 0 Å². The lowest BCUT2D eigenvalue weighted by Crippen LogP contribution is -2.43. The zero-order chi connectivity index (χ0) is 11.7. The van der Waals surface area contributed by atoms with Crippen molar-refractivity contribution in [3.05, 3.63) is 48.0 Å². The molecule has 2 aromatic rings. The molecule has 1 heterocycles. The zero-order valence-electron chi connectivity index (χ0n) is 9.27. The van der Waals surface area contributed by atoms with Crippen molar-refractivity contribution >= 4 is 10.8 Å². The van der Waals surface area contributed by atoms with Crippen LogP contribution in [0, 0.1) is 0 Å². The summed E-state index contributed by atoms with van der Waals surface area (Å²) in [5, 5.41) is 2.40. The minimum Gasteiger partial charge on any atom is -0.321 e. The van der Waals surface area contributed by atoms with Crippen LogP contribution in [0.4, 0.5) is 0 Å². The molecule has 0 saturated carbocycles. The predicted octanol–water partition coefficient (Wildman–Crippen LogP) is 0.283. The molecule has 6 N–H and O–H groups in total. The third-order valence-electron chi connectivity index (χ3n) is 3.06. The van der Waals surface area contributed by atoms with Crippen LogP contribution in [0.3, 0.4) is 0 Å². The first-order chi connectivity index (χ1) is 8.36. The third-order valence-corrected chi connectivity index (χ3v) is 3.06. The molecule has 5 heteroatoms. The van der Waals surface area contributed by atoms with Crippen LogP contribution in [0.2, 0.25) is 0 Å². The van der Waals surface area contributed by atoms with Gasteiger partial charge in [-0.1, -0.05) is 42.5 Å². The highest BCUT2D eigenvalue weighted by Gasteiger charge is 2.23. The van der Waals surface area contributed by atoms with Crippen LogP contribution >= 0.6 is 0 Å². The van der Waals surface area contributed by atoms with Crippen molar-refractivity contribution in [2.45, 2.75) is 12.2 Å². The number of nitrogens with two attached hydrogens (primary N) is 1. The lowest BCUT2D eigenvalue weighted by atomic mass is 9.98. The second-order valence-corrected chi connectivity index (χ2v) is 4.11. The maximum atomic E-state index is 6.26. The molecule has 1 aliphatic heterocycles. The average molecular weight is 229 g/mol. The van der Waals surface area contributed by atoms with E-state index in [1.54, 1.807) is 0 Å². The molecule has 0 radical (unpaired) electrons. The van der Waals surface area contributed by atoms with Gasteiger partial charge in [-0.05, 0) is 16.3 Å². The van der Waals surface area contributed by atoms with E-state index >= 15 is 0 Å². The van der Waals surface area contributed by atoms with E-state index in [0.717, 1.165) is 5.56 Å². The summed E-state index contributed by atoms with van der Waals surface area (Å²) in [6, 6.07) is 14.3. The fourth-order valence-electron chi connectivity index (χ4n) is 2.16. The quantitative estimate of drug-likeness (QED) is 0.511. The van der Waals surface area contributed by atoms with Gasteiger partial charge in [-0.15, -0.1) is 0 Å². The first-order valence-electron chi connectivity index (χ1n) is 5.60. The number of fused-ring (bicyclic) bond motifs is 1. The molecule has 3 rings (SSSR count). The van der Waals surface area contributed by atoms with Crippen molar-refractivity contribution in [3.8, 4) is 0 Å². The van der Waals surface area contributed by atoms with Crippen molar-refractivity contribution in [3.63, 3.8) is 0 Å². The summed E-state index contributed by atoms with van der Waals surface area (Å²) < 4.78 is 0. The number of nitrogens with one attached hydrogen (secondary N) is 4. The van der Waals surface area contributed by atoms with Crippen LogP contribution in [0.1, 0.15) is 11.6 Å². The second-order valence-electron chi connectivity index (χ2n) is 4.11. The van der Waals surface area contributed by atoms with Gasteiger partial charge in [0.1, 0.15) is 6.17 Å². The van der Waals surface area contributed by atoms with Gasteiger partial charge in [-0.2, -0.15) is 11.1 Å². The molecular formula is C12H15N5. The summed E-state index contributed by atoms with van der Waals surface area (Å²) in [5.41, 5.74) is 19.0. The van der Waals surface area contributed by atoms with Crippen molar-refractivity contribution in [1.82, 2.24) is 21.9 Å². The average Bonchev–Trinajstić information content (AvgIpc) is 2.91. The summed E-state index contributed by atoms with van der Waals surface area (Å²) in [4.78, 5) is 0. The number of hydrogen-bond acceptors (Lipinski definition) is 5. The van der Waals surface area contributed by atoms with Crippen LogP contribution in [0.5, 0.6) is 0 Å². The summed E-state index contributed by atoms with van der Waals surface area (Å²) >= 11 is 0. The van der Waals surface area contributed by atoms with E-state index < -0.39 is 0 Å². The summed E-state index contributed by atoms with van der Waals surface area (Å²) in [5.74, 6) is 0. The highest BCUT2D eigenvalue weighted by atomic mass is 15.8. The van der Waals surface area contributed by atoms with E-state index in [2.05, 4.69) is 46.2 Å².